The zero-order chi connectivity index (χ0) is 14.5. The van der Waals surface area contributed by atoms with Crippen molar-refractivity contribution < 1.29 is 13.2 Å². The van der Waals surface area contributed by atoms with E-state index >= 15 is 0 Å². The molecule has 1 aliphatic carbocycles. The predicted molar refractivity (Wildman–Crippen MR) is 72.4 cm³/mol. The summed E-state index contributed by atoms with van der Waals surface area (Å²) in [5.74, 6) is 1.75. The summed E-state index contributed by atoms with van der Waals surface area (Å²) in [7, 11) is 0. The second-order valence-electron chi connectivity index (χ2n) is 5.88. The zero-order valence-electron chi connectivity index (χ0n) is 11.4. The lowest BCUT2D eigenvalue weighted by atomic mass is 10.00. The van der Waals surface area contributed by atoms with Crippen LogP contribution in [0.3, 0.4) is 0 Å². The van der Waals surface area contributed by atoms with E-state index in [9.17, 15) is 13.2 Å². The summed E-state index contributed by atoms with van der Waals surface area (Å²) < 4.78 is 38.8. The molecule has 1 saturated carbocycles. The number of hydrogen-bond donors (Lipinski definition) is 0. The van der Waals surface area contributed by atoms with Crippen LogP contribution in [0.2, 0.25) is 0 Å². The Morgan fingerprint density at radius 3 is 2.55 bits per heavy atom. The fourth-order valence-corrected chi connectivity index (χ4v) is 2.98. The highest BCUT2D eigenvalue weighted by molar-refractivity contribution is 5.83. The number of hydrogen-bond acceptors (Lipinski definition) is 1. The Balaban J connectivity index is 2.02. The summed E-state index contributed by atoms with van der Waals surface area (Å²) >= 11 is 0. The number of alkyl halides is 3. The molecular formula is C16H16F3N. The fraction of sp³-hybridized carbons (Fsp3) is 0.438. The molecule has 0 saturated heterocycles. The first-order chi connectivity index (χ1) is 9.38. The van der Waals surface area contributed by atoms with Crippen LogP contribution < -0.4 is 0 Å². The van der Waals surface area contributed by atoms with Crippen LogP contribution in [0.4, 0.5) is 13.2 Å². The number of nitrogens with zero attached hydrogens (tertiary/aromatic N) is 1. The van der Waals surface area contributed by atoms with Crippen LogP contribution in [0.15, 0.2) is 30.5 Å². The second-order valence-corrected chi connectivity index (χ2v) is 5.88. The molecule has 1 nitrogen and oxygen atoms in total. The average molecular weight is 279 g/mol. The first-order valence-corrected chi connectivity index (χ1v) is 6.84. The topological polar surface area (TPSA) is 12.9 Å². The Morgan fingerprint density at radius 1 is 1.20 bits per heavy atom. The molecule has 0 spiro atoms. The summed E-state index contributed by atoms with van der Waals surface area (Å²) in [6, 6.07) is 6.25. The molecule has 0 unspecified atom stereocenters. The predicted octanol–water partition coefficient (Wildman–Crippen LogP) is 5.01. The van der Waals surface area contributed by atoms with Crippen molar-refractivity contribution in [3.05, 3.63) is 41.6 Å². The van der Waals surface area contributed by atoms with E-state index in [-0.39, 0.29) is 5.39 Å². The first-order valence-electron chi connectivity index (χ1n) is 6.84. The summed E-state index contributed by atoms with van der Waals surface area (Å²) in [6.07, 6.45) is -1.97. The minimum atomic E-state index is -4.33. The lowest BCUT2D eigenvalue weighted by Gasteiger charge is -2.11. The Hall–Kier alpha value is -1.58. The van der Waals surface area contributed by atoms with Gasteiger partial charge in [0.2, 0.25) is 0 Å². The molecule has 2 atom stereocenters. The number of rotatable bonds is 2. The van der Waals surface area contributed by atoms with Gasteiger partial charge in [0.25, 0.3) is 0 Å². The lowest BCUT2D eigenvalue weighted by molar-refractivity contribution is -0.136. The molecule has 0 aliphatic heterocycles. The summed E-state index contributed by atoms with van der Waals surface area (Å²) in [4.78, 5) is 4.10. The molecule has 1 aliphatic rings. The summed E-state index contributed by atoms with van der Waals surface area (Å²) in [5, 5.41) is 0.186. The smallest absolute Gasteiger partial charge is 0.256 e. The van der Waals surface area contributed by atoms with E-state index in [1.54, 1.807) is 6.07 Å². The monoisotopic (exact) mass is 279 g/mol. The molecular weight excluding hydrogens is 263 g/mol. The van der Waals surface area contributed by atoms with E-state index in [4.69, 9.17) is 0 Å². The molecule has 4 heteroatoms. The highest BCUT2D eigenvalue weighted by Gasteiger charge is 2.40. The van der Waals surface area contributed by atoms with Crippen molar-refractivity contribution in [2.24, 2.45) is 11.8 Å². The molecule has 106 valence electrons. The van der Waals surface area contributed by atoms with Gasteiger partial charge >= 0.3 is 6.18 Å². The van der Waals surface area contributed by atoms with Crippen LogP contribution in [-0.2, 0) is 6.18 Å². The van der Waals surface area contributed by atoms with Crippen LogP contribution in [-0.4, -0.2) is 4.98 Å². The third-order valence-electron chi connectivity index (χ3n) is 4.20. The molecule has 2 aromatic rings. The Labute approximate surface area is 115 Å². The third-order valence-corrected chi connectivity index (χ3v) is 4.20. The van der Waals surface area contributed by atoms with Crippen LogP contribution in [0, 0.1) is 11.8 Å². The normalized spacial score (nSPS) is 22.5. The Kier molecular flexibility index (Phi) is 3.00. The number of pyridine rings is 1. The maximum atomic E-state index is 12.9. The maximum Gasteiger partial charge on any atom is 0.417 e. The molecule has 0 N–H and O–H groups in total. The van der Waals surface area contributed by atoms with Crippen molar-refractivity contribution in [1.82, 2.24) is 4.98 Å². The Bertz CT molecular complexity index is 646. The second kappa shape index (κ2) is 4.47. The summed E-state index contributed by atoms with van der Waals surface area (Å²) in [5.41, 5.74) is 0.944. The van der Waals surface area contributed by atoms with E-state index in [1.165, 1.54) is 6.20 Å². The van der Waals surface area contributed by atoms with E-state index in [0.717, 1.165) is 18.1 Å². The van der Waals surface area contributed by atoms with Crippen LogP contribution in [0.1, 0.15) is 37.3 Å². The van der Waals surface area contributed by atoms with E-state index in [1.807, 2.05) is 12.1 Å². The largest absolute Gasteiger partial charge is 0.417 e. The Morgan fingerprint density at radius 2 is 1.95 bits per heavy atom. The van der Waals surface area contributed by atoms with Crippen molar-refractivity contribution in [1.29, 1.82) is 0 Å². The van der Waals surface area contributed by atoms with Gasteiger partial charge in [-0.15, -0.1) is 0 Å². The van der Waals surface area contributed by atoms with Crippen molar-refractivity contribution in [2.75, 3.05) is 0 Å². The van der Waals surface area contributed by atoms with E-state index < -0.39 is 11.7 Å². The van der Waals surface area contributed by atoms with Gasteiger partial charge in [-0.2, -0.15) is 13.2 Å². The number of fused-ring (bicyclic) bond motifs is 1. The van der Waals surface area contributed by atoms with Crippen LogP contribution in [0.25, 0.3) is 10.9 Å². The van der Waals surface area contributed by atoms with Crippen LogP contribution >= 0.6 is 0 Å². The van der Waals surface area contributed by atoms with Crippen molar-refractivity contribution in [3.63, 3.8) is 0 Å². The van der Waals surface area contributed by atoms with Gasteiger partial charge in [-0.25, -0.2) is 0 Å². The standard InChI is InChI=1S/C16H16F3N/c1-9(2)12-8-13(12)10-3-4-11-14(16(17,18)19)5-6-20-15(11)7-10/h3-7,9,12-13H,8H2,1-2H3/t12-,13-/m1/s1. The van der Waals surface area contributed by atoms with E-state index in [0.29, 0.717) is 23.3 Å². The molecule has 0 bridgehead atoms. The molecule has 1 fully saturated rings. The molecule has 20 heavy (non-hydrogen) atoms. The van der Waals surface area contributed by atoms with Gasteiger partial charge in [-0.05, 0) is 41.9 Å². The van der Waals surface area contributed by atoms with Gasteiger partial charge in [0.1, 0.15) is 0 Å². The highest BCUT2D eigenvalue weighted by Crippen LogP contribution is 2.52. The van der Waals surface area contributed by atoms with Gasteiger partial charge in [-0.1, -0.05) is 26.0 Å². The quantitative estimate of drug-likeness (QED) is 0.752. The first kappa shape index (κ1) is 13.4. The van der Waals surface area contributed by atoms with Gasteiger partial charge in [0, 0.05) is 11.6 Å². The SMILES string of the molecule is CC(C)[C@H]1C[C@@H]1c1ccc2c(C(F)(F)F)ccnc2c1. The molecule has 1 heterocycles. The average Bonchev–Trinajstić information content (AvgIpc) is 3.16. The molecule has 0 amide bonds. The van der Waals surface area contributed by atoms with E-state index in [2.05, 4.69) is 18.8 Å². The lowest BCUT2D eigenvalue weighted by Crippen LogP contribution is -2.06. The molecule has 0 radical (unpaired) electrons. The maximum absolute atomic E-state index is 12.9. The van der Waals surface area contributed by atoms with Gasteiger partial charge in [0.15, 0.2) is 0 Å². The number of halogens is 3. The number of aromatic nitrogens is 1. The minimum Gasteiger partial charge on any atom is -0.256 e. The zero-order valence-corrected chi connectivity index (χ0v) is 11.4. The number of benzene rings is 1. The van der Waals surface area contributed by atoms with Crippen molar-refractivity contribution in [2.45, 2.75) is 32.4 Å². The third kappa shape index (κ3) is 2.28. The molecule has 3 rings (SSSR count). The molecule has 1 aromatic carbocycles. The fourth-order valence-electron chi connectivity index (χ4n) is 2.98. The van der Waals surface area contributed by atoms with Gasteiger partial charge in [-0.3, -0.25) is 4.98 Å². The van der Waals surface area contributed by atoms with Crippen LogP contribution in [0.5, 0.6) is 0 Å². The van der Waals surface area contributed by atoms with Gasteiger partial charge < -0.3 is 0 Å². The molecule has 1 aromatic heterocycles. The van der Waals surface area contributed by atoms with Crippen molar-refractivity contribution >= 4 is 10.9 Å². The van der Waals surface area contributed by atoms with Crippen molar-refractivity contribution in [3.8, 4) is 0 Å². The van der Waals surface area contributed by atoms with Gasteiger partial charge in [0.05, 0.1) is 11.1 Å². The summed E-state index contributed by atoms with van der Waals surface area (Å²) in [6.45, 7) is 4.37. The highest BCUT2D eigenvalue weighted by atomic mass is 19.4. The minimum absolute atomic E-state index is 0.186.